The molecule has 116 valence electrons. The first-order valence-electron chi connectivity index (χ1n) is 5.14. The Labute approximate surface area is 128 Å². The molecule has 0 saturated heterocycles. The van der Waals surface area contributed by atoms with Crippen LogP contribution in [0.15, 0.2) is 16.6 Å². The van der Waals surface area contributed by atoms with Crippen LogP contribution < -0.4 is 15.2 Å². The first-order chi connectivity index (χ1) is 8.72. The highest BCUT2D eigenvalue weighted by Gasteiger charge is 2.43. The van der Waals surface area contributed by atoms with Gasteiger partial charge in [0.05, 0.1) is 24.7 Å². The van der Waals surface area contributed by atoms with Crippen molar-refractivity contribution in [2.24, 2.45) is 5.73 Å². The van der Waals surface area contributed by atoms with Gasteiger partial charge in [0.25, 0.3) is 0 Å². The van der Waals surface area contributed by atoms with Gasteiger partial charge < -0.3 is 20.3 Å². The number of aliphatic hydroxyl groups excluding tert-OH is 1. The third kappa shape index (κ3) is 4.15. The topological polar surface area (TPSA) is 64.7 Å². The highest BCUT2D eigenvalue weighted by molar-refractivity contribution is 9.10. The van der Waals surface area contributed by atoms with Crippen LogP contribution in [0.25, 0.3) is 0 Å². The van der Waals surface area contributed by atoms with E-state index in [0.717, 1.165) is 0 Å². The van der Waals surface area contributed by atoms with E-state index in [1.807, 2.05) is 0 Å². The van der Waals surface area contributed by atoms with Crippen molar-refractivity contribution >= 4 is 28.3 Å². The van der Waals surface area contributed by atoms with Gasteiger partial charge in [0, 0.05) is 5.56 Å². The second kappa shape index (κ2) is 7.35. The van der Waals surface area contributed by atoms with Gasteiger partial charge in [0.2, 0.25) is 0 Å². The summed E-state index contributed by atoms with van der Waals surface area (Å²) in [5.41, 5.74) is 5.46. The van der Waals surface area contributed by atoms with Crippen molar-refractivity contribution in [3.05, 3.63) is 22.2 Å². The molecule has 1 aromatic carbocycles. The van der Waals surface area contributed by atoms with Crippen LogP contribution in [0.2, 0.25) is 0 Å². The quantitative estimate of drug-likeness (QED) is 0.843. The largest absolute Gasteiger partial charge is 0.496 e. The summed E-state index contributed by atoms with van der Waals surface area (Å²) in [6, 6.07) is 1.05. The molecule has 0 aromatic heterocycles. The van der Waals surface area contributed by atoms with Gasteiger partial charge in [-0.15, -0.1) is 12.4 Å². The number of rotatable bonds is 4. The van der Waals surface area contributed by atoms with Crippen molar-refractivity contribution in [3.8, 4) is 11.5 Å². The van der Waals surface area contributed by atoms with Crippen LogP contribution in [0.5, 0.6) is 11.5 Å². The Morgan fingerprint density at radius 2 is 1.70 bits per heavy atom. The Morgan fingerprint density at radius 1 is 1.20 bits per heavy atom. The van der Waals surface area contributed by atoms with E-state index in [1.165, 1.54) is 26.4 Å². The molecule has 0 bridgehead atoms. The van der Waals surface area contributed by atoms with E-state index in [2.05, 4.69) is 15.9 Å². The average molecular weight is 381 g/mol. The lowest BCUT2D eigenvalue weighted by Gasteiger charge is -2.23. The summed E-state index contributed by atoms with van der Waals surface area (Å²) < 4.78 is 47.9. The van der Waals surface area contributed by atoms with E-state index in [9.17, 15) is 18.3 Å². The SMILES string of the molecule is COc1cc([C@H](N)[C@H](O)C(F)(F)F)c(OC)cc1Br.Cl. The van der Waals surface area contributed by atoms with Crippen LogP contribution in [0.3, 0.4) is 0 Å². The number of nitrogens with two attached hydrogens (primary N) is 1. The van der Waals surface area contributed by atoms with Crippen molar-refractivity contribution in [1.82, 2.24) is 0 Å². The van der Waals surface area contributed by atoms with Gasteiger partial charge in [-0.2, -0.15) is 13.2 Å². The average Bonchev–Trinajstić information content (AvgIpc) is 2.35. The minimum atomic E-state index is -4.81. The number of aliphatic hydroxyl groups is 1. The molecule has 20 heavy (non-hydrogen) atoms. The Hall–Kier alpha value is -0.700. The molecule has 0 heterocycles. The van der Waals surface area contributed by atoms with Crippen LogP contribution in [0, 0.1) is 0 Å². The summed E-state index contributed by atoms with van der Waals surface area (Å²) in [7, 11) is 2.66. The Balaban J connectivity index is 0.00000361. The minimum absolute atomic E-state index is 0. The maximum atomic E-state index is 12.5. The van der Waals surface area contributed by atoms with E-state index < -0.39 is 18.3 Å². The number of hydrogen-bond acceptors (Lipinski definition) is 4. The predicted octanol–water partition coefficient (Wildman–Crippen LogP) is 2.81. The van der Waals surface area contributed by atoms with Crippen LogP contribution >= 0.6 is 28.3 Å². The second-order valence-corrected chi connectivity index (χ2v) is 4.60. The summed E-state index contributed by atoms with van der Waals surface area (Å²) in [4.78, 5) is 0. The molecule has 0 unspecified atom stereocenters. The fraction of sp³-hybridized carbons (Fsp3) is 0.455. The van der Waals surface area contributed by atoms with Crippen LogP contribution in [0.4, 0.5) is 13.2 Å². The standard InChI is InChI=1S/C11H13BrF3NO3.ClH/c1-18-7-4-6(12)8(19-2)3-5(7)9(16)10(17)11(13,14)15;/h3-4,9-10,17H,16H2,1-2H3;1H/t9-,10-;/m0./s1. The lowest BCUT2D eigenvalue weighted by molar-refractivity contribution is -0.210. The lowest BCUT2D eigenvalue weighted by Crippen LogP contribution is -2.39. The van der Waals surface area contributed by atoms with Crippen LogP contribution in [-0.2, 0) is 0 Å². The Kier molecular flexibility index (Phi) is 7.09. The molecular formula is C11H14BrClF3NO3. The van der Waals surface area contributed by atoms with E-state index in [4.69, 9.17) is 15.2 Å². The zero-order chi connectivity index (χ0) is 14.8. The van der Waals surface area contributed by atoms with E-state index >= 15 is 0 Å². The summed E-state index contributed by atoms with van der Waals surface area (Å²) in [5, 5.41) is 9.20. The van der Waals surface area contributed by atoms with E-state index in [-0.39, 0.29) is 23.7 Å². The molecule has 0 radical (unpaired) electrons. The van der Waals surface area contributed by atoms with Gasteiger partial charge in [-0.25, -0.2) is 0 Å². The molecule has 0 aliphatic heterocycles. The molecule has 0 fully saturated rings. The molecule has 1 aromatic rings. The van der Waals surface area contributed by atoms with E-state index in [1.54, 1.807) is 0 Å². The smallest absolute Gasteiger partial charge is 0.416 e. The van der Waals surface area contributed by atoms with Crippen molar-refractivity contribution in [2.75, 3.05) is 14.2 Å². The number of methoxy groups -OCH3 is 2. The molecule has 0 amide bonds. The maximum absolute atomic E-state index is 12.5. The monoisotopic (exact) mass is 379 g/mol. The van der Waals surface area contributed by atoms with Crippen LogP contribution in [-0.4, -0.2) is 31.6 Å². The molecular weight excluding hydrogens is 366 g/mol. The first kappa shape index (κ1) is 19.3. The molecule has 0 spiro atoms. The lowest BCUT2D eigenvalue weighted by atomic mass is 10.0. The van der Waals surface area contributed by atoms with Gasteiger partial charge in [-0.05, 0) is 28.1 Å². The normalized spacial score (nSPS) is 14.2. The Morgan fingerprint density at radius 3 is 2.10 bits per heavy atom. The third-order valence-electron chi connectivity index (χ3n) is 2.54. The highest BCUT2D eigenvalue weighted by Crippen LogP contribution is 2.38. The van der Waals surface area contributed by atoms with Gasteiger partial charge in [0.15, 0.2) is 6.10 Å². The summed E-state index contributed by atoms with van der Waals surface area (Å²) in [5.74, 6) is 0.420. The number of benzene rings is 1. The van der Waals surface area contributed by atoms with Gasteiger partial charge in [-0.3, -0.25) is 0 Å². The Bertz CT molecular complexity index is 459. The van der Waals surface area contributed by atoms with Gasteiger partial charge in [-0.1, -0.05) is 0 Å². The zero-order valence-corrected chi connectivity index (χ0v) is 13.0. The first-order valence-corrected chi connectivity index (χ1v) is 5.93. The number of ether oxygens (including phenoxy) is 2. The molecule has 0 aliphatic carbocycles. The molecule has 0 saturated carbocycles. The fourth-order valence-electron chi connectivity index (χ4n) is 1.52. The molecule has 4 nitrogen and oxygen atoms in total. The summed E-state index contributed by atoms with van der Waals surface area (Å²) in [6.45, 7) is 0. The summed E-state index contributed by atoms with van der Waals surface area (Å²) in [6.07, 6.45) is -7.50. The van der Waals surface area contributed by atoms with E-state index in [0.29, 0.717) is 10.2 Å². The molecule has 9 heteroatoms. The summed E-state index contributed by atoms with van der Waals surface area (Å²) >= 11 is 3.18. The van der Waals surface area contributed by atoms with Crippen molar-refractivity contribution < 1.29 is 27.8 Å². The van der Waals surface area contributed by atoms with Crippen molar-refractivity contribution in [2.45, 2.75) is 18.3 Å². The molecule has 0 aliphatic rings. The molecule has 2 atom stereocenters. The molecule has 1 rings (SSSR count). The predicted molar refractivity (Wildman–Crippen MR) is 73.5 cm³/mol. The fourth-order valence-corrected chi connectivity index (χ4v) is 2.00. The highest BCUT2D eigenvalue weighted by atomic mass is 79.9. The number of alkyl halides is 3. The van der Waals surface area contributed by atoms with Crippen molar-refractivity contribution in [1.29, 1.82) is 0 Å². The van der Waals surface area contributed by atoms with Gasteiger partial charge >= 0.3 is 6.18 Å². The van der Waals surface area contributed by atoms with Crippen LogP contribution in [0.1, 0.15) is 11.6 Å². The third-order valence-corrected chi connectivity index (χ3v) is 3.16. The molecule has 3 N–H and O–H groups in total. The number of hydrogen-bond donors (Lipinski definition) is 2. The minimum Gasteiger partial charge on any atom is -0.496 e. The van der Waals surface area contributed by atoms with Crippen molar-refractivity contribution in [3.63, 3.8) is 0 Å². The van der Waals surface area contributed by atoms with Gasteiger partial charge in [0.1, 0.15) is 11.5 Å². The second-order valence-electron chi connectivity index (χ2n) is 3.74. The maximum Gasteiger partial charge on any atom is 0.416 e. The number of halogens is 5. The zero-order valence-electron chi connectivity index (χ0n) is 10.6.